The number of sulfonamides is 1. The highest BCUT2D eigenvalue weighted by Crippen LogP contribution is 2.29. The molecule has 1 N–H and O–H groups in total. The number of alkyl halides is 1. The molecule has 7 heteroatoms. The Morgan fingerprint density at radius 3 is 2.73 bits per heavy atom. The van der Waals surface area contributed by atoms with Gasteiger partial charge in [0.15, 0.2) is 0 Å². The van der Waals surface area contributed by atoms with Gasteiger partial charge in [-0.05, 0) is 25.0 Å². The summed E-state index contributed by atoms with van der Waals surface area (Å²) in [4.78, 5) is 0. The zero-order valence-corrected chi connectivity index (χ0v) is 12.1. The van der Waals surface area contributed by atoms with E-state index in [4.69, 9.17) is 11.6 Å². The highest BCUT2D eigenvalue weighted by molar-refractivity contribution is 9.09. The standard InChI is InChI=1S/C8H11BrClNO2S2/c1-6-5-7(14-8(6)10)15(12,13)11-4-2-3-9/h5,11H,2-4H2,1H3. The van der Waals surface area contributed by atoms with Crippen LogP contribution in [0, 0.1) is 6.92 Å². The maximum atomic E-state index is 11.7. The summed E-state index contributed by atoms with van der Waals surface area (Å²) in [5.41, 5.74) is 0.794. The molecular weight excluding hydrogens is 322 g/mol. The monoisotopic (exact) mass is 331 g/mol. The van der Waals surface area contributed by atoms with Crippen molar-refractivity contribution < 1.29 is 8.42 Å². The Balaban J connectivity index is 2.77. The largest absolute Gasteiger partial charge is 0.250 e. The van der Waals surface area contributed by atoms with Crippen LogP contribution < -0.4 is 4.72 Å². The topological polar surface area (TPSA) is 46.2 Å². The lowest BCUT2D eigenvalue weighted by atomic mass is 10.4. The molecular formula is C8H11BrClNO2S2. The molecule has 1 rings (SSSR count). The first-order valence-corrected chi connectivity index (χ1v) is 8.09. The lowest BCUT2D eigenvalue weighted by Gasteiger charge is -2.02. The van der Waals surface area contributed by atoms with Gasteiger partial charge in [-0.15, -0.1) is 11.3 Å². The third-order valence-electron chi connectivity index (χ3n) is 1.70. The zero-order chi connectivity index (χ0) is 11.5. The van der Waals surface area contributed by atoms with E-state index in [2.05, 4.69) is 20.7 Å². The van der Waals surface area contributed by atoms with Crippen LogP contribution in [0.3, 0.4) is 0 Å². The molecule has 1 aromatic heterocycles. The van der Waals surface area contributed by atoms with Gasteiger partial charge in [0.1, 0.15) is 4.21 Å². The maximum Gasteiger partial charge on any atom is 0.250 e. The van der Waals surface area contributed by atoms with Gasteiger partial charge in [-0.25, -0.2) is 13.1 Å². The van der Waals surface area contributed by atoms with Crippen molar-refractivity contribution in [2.24, 2.45) is 0 Å². The van der Waals surface area contributed by atoms with Crippen molar-refractivity contribution in [1.29, 1.82) is 0 Å². The van der Waals surface area contributed by atoms with Gasteiger partial charge in [0.2, 0.25) is 10.0 Å². The number of nitrogens with one attached hydrogen (secondary N) is 1. The molecule has 1 heterocycles. The minimum absolute atomic E-state index is 0.277. The molecule has 0 amide bonds. The Labute approximate surface area is 107 Å². The quantitative estimate of drug-likeness (QED) is 0.666. The van der Waals surface area contributed by atoms with Crippen molar-refractivity contribution in [1.82, 2.24) is 4.72 Å². The van der Waals surface area contributed by atoms with Crippen LogP contribution in [0.25, 0.3) is 0 Å². The Kier molecular flexibility index (Phi) is 5.05. The molecule has 0 saturated heterocycles. The molecule has 0 saturated carbocycles. The molecule has 0 spiro atoms. The molecule has 0 unspecified atom stereocenters. The van der Waals surface area contributed by atoms with Crippen molar-refractivity contribution >= 4 is 48.9 Å². The Morgan fingerprint density at radius 1 is 1.60 bits per heavy atom. The molecule has 0 aliphatic heterocycles. The fourth-order valence-corrected chi connectivity index (χ4v) is 4.02. The molecule has 3 nitrogen and oxygen atoms in total. The van der Waals surface area contributed by atoms with Gasteiger partial charge in [-0.2, -0.15) is 0 Å². The molecule has 0 aliphatic carbocycles. The van der Waals surface area contributed by atoms with Crippen LogP contribution in [0.15, 0.2) is 10.3 Å². The summed E-state index contributed by atoms with van der Waals surface area (Å²) < 4.78 is 26.7. The molecule has 0 aromatic carbocycles. The van der Waals surface area contributed by atoms with Crippen molar-refractivity contribution in [2.45, 2.75) is 17.6 Å². The maximum absolute atomic E-state index is 11.7. The second-order valence-corrected chi connectivity index (χ2v) is 7.40. The van der Waals surface area contributed by atoms with E-state index in [9.17, 15) is 8.42 Å². The molecule has 1 aromatic rings. The van der Waals surface area contributed by atoms with Gasteiger partial charge >= 0.3 is 0 Å². The second kappa shape index (κ2) is 5.63. The minimum atomic E-state index is -3.37. The van der Waals surface area contributed by atoms with Crippen LogP contribution in [0.4, 0.5) is 0 Å². The smallest absolute Gasteiger partial charge is 0.210 e. The van der Waals surface area contributed by atoms with E-state index in [1.165, 1.54) is 0 Å². The van der Waals surface area contributed by atoms with Gasteiger partial charge in [0, 0.05) is 11.9 Å². The van der Waals surface area contributed by atoms with Gasteiger partial charge in [-0.1, -0.05) is 27.5 Å². The van der Waals surface area contributed by atoms with E-state index in [-0.39, 0.29) is 4.21 Å². The summed E-state index contributed by atoms with van der Waals surface area (Å²) in [6.07, 6.45) is 0.761. The summed E-state index contributed by atoms with van der Waals surface area (Å²) in [5.74, 6) is 0. The summed E-state index contributed by atoms with van der Waals surface area (Å²) in [7, 11) is -3.37. The predicted molar refractivity (Wildman–Crippen MR) is 67.7 cm³/mol. The summed E-state index contributed by atoms with van der Waals surface area (Å²) >= 11 is 10.1. The van der Waals surface area contributed by atoms with Crippen molar-refractivity contribution in [3.05, 3.63) is 16.0 Å². The predicted octanol–water partition coefficient (Wildman–Crippen LogP) is 2.77. The molecule has 0 radical (unpaired) electrons. The first-order chi connectivity index (χ1) is 6.97. The molecule has 0 atom stereocenters. The summed E-state index contributed by atoms with van der Waals surface area (Å²) in [6.45, 7) is 2.22. The average molecular weight is 333 g/mol. The molecule has 0 fully saturated rings. The molecule has 15 heavy (non-hydrogen) atoms. The van der Waals surface area contributed by atoms with Gasteiger partial charge in [0.25, 0.3) is 0 Å². The van der Waals surface area contributed by atoms with E-state index >= 15 is 0 Å². The Morgan fingerprint density at radius 2 is 2.27 bits per heavy atom. The summed E-state index contributed by atoms with van der Waals surface area (Å²) in [5, 5.41) is 0.778. The van der Waals surface area contributed by atoms with E-state index < -0.39 is 10.0 Å². The number of rotatable bonds is 5. The van der Waals surface area contributed by atoms with Crippen LogP contribution in [0.5, 0.6) is 0 Å². The molecule has 0 aliphatic rings. The van der Waals surface area contributed by atoms with Crippen LogP contribution in [0.2, 0.25) is 4.34 Å². The number of aryl methyl sites for hydroxylation is 1. The Bertz CT molecular complexity index is 410. The average Bonchev–Trinajstić information content (AvgIpc) is 2.48. The number of hydrogen-bond acceptors (Lipinski definition) is 3. The van der Waals surface area contributed by atoms with Crippen LogP contribution in [-0.4, -0.2) is 20.3 Å². The number of thiophene rings is 1. The Hall–Kier alpha value is 0.380. The highest BCUT2D eigenvalue weighted by Gasteiger charge is 2.17. The fourth-order valence-electron chi connectivity index (χ4n) is 0.909. The lowest BCUT2D eigenvalue weighted by molar-refractivity contribution is 0.583. The third-order valence-corrected chi connectivity index (χ3v) is 5.75. The van der Waals surface area contributed by atoms with Crippen molar-refractivity contribution in [3.63, 3.8) is 0 Å². The van der Waals surface area contributed by atoms with Crippen LogP contribution in [0.1, 0.15) is 12.0 Å². The second-order valence-electron chi connectivity index (χ2n) is 2.96. The molecule has 86 valence electrons. The third kappa shape index (κ3) is 3.71. The first-order valence-electron chi connectivity index (χ1n) is 4.29. The normalized spacial score (nSPS) is 11.9. The highest BCUT2D eigenvalue weighted by atomic mass is 79.9. The SMILES string of the molecule is Cc1cc(S(=O)(=O)NCCCBr)sc1Cl. The summed E-state index contributed by atoms with van der Waals surface area (Å²) in [6, 6.07) is 1.59. The van der Waals surface area contributed by atoms with Crippen LogP contribution in [-0.2, 0) is 10.0 Å². The van der Waals surface area contributed by atoms with E-state index in [0.717, 1.165) is 28.7 Å². The van der Waals surface area contributed by atoms with Gasteiger partial charge in [0.05, 0.1) is 4.34 Å². The zero-order valence-electron chi connectivity index (χ0n) is 8.09. The van der Waals surface area contributed by atoms with Crippen molar-refractivity contribution in [3.8, 4) is 0 Å². The van der Waals surface area contributed by atoms with E-state index in [1.807, 2.05) is 0 Å². The number of hydrogen-bond donors (Lipinski definition) is 1. The number of halogens is 2. The lowest BCUT2D eigenvalue weighted by Crippen LogP contribution is -2.24. The first kappa shape index (κ1) is 13.4. The van der Waals surface area contributed by atoms with Gasteiger partial charge < -0.3 is 0 Å². The van der Waals surface area contributed by atoms with Crippen molar-refractivity contribution in [2.75, 3.05) is 11.9 Å². The fraction of sp³-hybridized carbons (Fsp3) is 0.500. The minimum Gasteiger partial charge on any atom is -0.210 e. The molecule has 0 bridgehead atoms. The van der Waals surface area contributed by atoms with Crippen LogP contribution >= 0.6 is 38.9 Å². The van der Waals surface area contributed by atoms with Gasteiger partial charge in [-0.3, -0.25) is 0 Å². The van der Waals surface area contributed by atoms with E-state index in [1.54, 1.807) is 13.0 Å². The van der Waals surface area contributed by atoms with E-state index in [0.29, 0.717) is 10.9 Å².